The van der Waals surface area contributed by atoms with Gasteiger partial charge in [0, 0.05) is 6.42 Å². The Labute approximate surface area is 89.0 Å². The molecule has 3 nitrogen and oxygen atoms in total. The quantitative estimate of drug-likeness (QED) is 0.414. The molecular weight excluding hydrogens is 204 g/mol. The van der Waals surface area contributed by atoms with E-state index in [0.29, 0.717) is 18.1 Å². The van der Waals surface area contributed by atoms with E-state index in [1.165, 1.54) is 0 Å². The van der Waals surface area contributed by atoms with Crippen LogP contribution >= 0.6 is 11.6 Å². The van der Waals surface area contributed by atoms with Gasteiger partial charge in [0.2, 0.25) is 0 Å². The van der Waals surface area contributed by atoms with Crippen LogP contribution in [0.4, 0.5) is 0 Å². The Balaban J connectivity index is 2.61. The van der Waals surface area contributed by atoms with Gasteiger partial charge in [-0.15, -0.1) is 11.6 Å². The molecule has 0 aromatic heterocycles. The first-order valence-corrected chi connectivity index (χ1v) is 5.32. The summed E-state index contributed by atoms with van der Waals surface area (Å²) in [6.07, 6.45) is 1.72. The van der Waals surface area contributed by atoms with Crippen molar-refractivity contribution in [1.29, 1.82) is 0 Å². The maximum absolute atomic E-state index is 11.3. The molecule has 14 heavy (non-hydrogen) atoms. The molecular formula is C10H15ClO3. The van der Waals surface area contributed by atoms with Crippen molar-refractivity contribution in [3.63, 3.8) is 0 Å². The highest BCUT2D eigenvalue weighted by molar-refractivity contribution is 6.18. The first-order valence-electron chi connectivity index (χ1n) is 4.78. The summed E-state index contributed by atoms with van der Waals surface area (Å²) in [5.74, 6) is 0.909. The lowest BCUT2D eigenvalue weighted by molar-refractivity contribution is -0.138. The van der Waals surface area contributed by atoms with Crippen LogP contribution in [0.1, 0.15) is 26.7 Å². The van der Waals surface area contributed by atoms with Gasteiger partial charge in [-0.25, -0.2) is 4.79 Å². The molecule has 1 heterocycles. The van der Waals surface area contributed by atoms with Gasteiger partial charge in [-0.2, -0.15) is 0 Å². The van der Waals surface area contributed by atoms with Crippen LogP contribution < -0.4 is 0 Å². The molecule has 1 rings (SSSR count). The van der Waals surface area contributed by atoms with Crippen LogP contribution in [0.15, 0.2) is 11.3 Å². The highest BCUT2D eigenvalue weighted by Crippen LogP contribution is 2.26. The van der Waals surface area contributed by atoms with Gasteiger partial charge >= 0.3 is 5.97 Å². The predicted octanol–water partition coefficient (Wildman–Crippen LogP) is 2.24. The summed E-state index contributed by atoms with van der Waals surface area (Å²) in [5.41, 5.74) is 0.569. The van der Waals surface area contributed by atoms with Gasteiger partial charge in [0.15, 0.2) is 0 Å². The molecule has 80 valence electrons. The highest BCUT2D eigenvalue weighted by atomic mass is 35.5. The number of ether oxygens (including phenoxy) is 2. The van der Waals surface area contributed by atoms with Crippen LogP contribution in [0.2, 0.25) is 0 Å². The van der Waals surface area contributed by atoms with Crippen LogP contribution in [0, 0.1) is 0 Å². The van der Waals surface area contributed by atoms with E-state index in [1.807, 2.05) is 0 Å². The van der Waals surface area contributed by atoms with Crippen molar-refractivity contribution in [3.05, 3.63) is 11.3 Å². The predicted molar refractivity (Wildman–Crippen MR) is 54.2 cm³/mol. The number of allylic oxidation sites excluding steroid dienone is 1. The van der Waals surface area contributed by atoms with E-state index in [-0.39, 0.29) is 12.1 Å². The van der Waals surface area contributed by atoms with E-state index in [9.17, 15) is 4.79 Å². The summed E-state index contributed by atoms with van der Waals surface area (Å²) in [7, 11) is 0. The minimum atomic E-state index is -0.294. The zero-order chi connectivity index (χ0) is 10.6. The van der Waals surface area contributed by atoms with Gasteiger partial charge in [-0.3, -0.25) is 0 Å². The molecule has 0 unspecified atom stereocenters. The molecule has 0 aromatic rings. The van der Waals surface area contributed by atoms with Crippen molar-refractivity contribution in [2.24, 2.45) is 0 Å². The molecule has 0 N–H and O–H groups in total. The number of carbonyl (C=O) groups excluding carboxylic acids is 1. The summed E-state index contributed by atoms with van der Waals surface area (Å²) in [4.78, 5) is 11.3. The summed E-state index contributed by atoms with van der Waals surface area (Å²) < 4.78 is 10.4. The fourth-order valence-corrected chi connectivity index (χ4v) is 1.57. The Morgan fingerprint density at radius 1 is 1.71 bits per heavy atom. The Morgan fingerprint density at radius 3 is 2.93 bits per heavy atom. The van der Waals surface area contributed by atoms with Crippen molar-refractivity contribution < 1.29 is 14.3 Å². The smallest absolute Gasteiger partial charge is 0.337 e. The number of esters is 1. The van der Waals surface area contributed by atoms with Gasteiger partial charge in [-0.05, 0) is 20.3 Å². The van der Waals surface area contributed by atoms with Crippen molar-refractivity contribution in [1.82, 2.24) is 0 Å². The molecule has 0 saturated carbocycles. The standard InChI is InChI=1S/C10H15ClO3/c1-3-13-10(12)7(2)9-5-4-8(6-11)14-9/h8H,3-6H2,1-2H3/b9-7+/t8-/m1/s1. The van der Waals surface area contributed by atoms with Gasteiger partial charge in [-0.1, -0.05) is 0 Å². The van der Waals surface area contributed by atoms with E-state index in [0.717, 1.165) is 18.6 Å². The third-order valence-corrected chi connectivity index (χ3v) is 2.52. The lowest BCUT2D eigenvalue weighted by Crippen LogP contribution is -2.09. The number of alkyl halides is 1. The Hall–Kier alpha value is -0.700. The lowest BCUT2D eigenvalue weighted by atomic mass is 10.2. The Kier molecular flexibility index (Phi) is 4.26. The van der Waals surface area contributed by atoms with Crippen LogP contribution in [-0.4, -0.2) is 24.6 Å². The zero-order valence-corrected chi connectivity index (χ0v) is 9.26. The van der Waals surface area contributed by atoms with E-state index >= 15 is 0 Å². The molecule has 0 spiro atoms. The van der Waals surface area contributed by atoms with Gasteiger partial charge < -0.3 is 9.47 Å². The van der Waals surface area contributed by atoms with Crippen LogP contribution in [0.3, 0.4) is 0 Å². The molecule has 1 aliphatic rings. The fraction of sp³-hybridized carbons (Fsp3) is 0.700. The van der Waals surface area contributed by atoms with Crippen molar-refractivity contribution in [3.8, 4) is 0 Å². The number of hydrogen-bond donors (Lipinski definition) is 0. The van der Waals surface area contributed by atoms with Gasteiger partial charge in [0.25, 0.3) is 0 Å². The summed E-state index contributed by atoms with van der Waals surface area (Å²) >= 11 is 5.65. The minimum absolute atomic E-state index is 0.0519. The summed E-state index contributed by atoms with van der Waals surface area (Å²) in [6, 6.07) is 0. The molecule has 1 fully saturated rings. The van der Waals surface area contributed by atoms with Crippen LogP contribution in [0.25, 0.3) is 0 Å². The zero-order valence-electron chi connectivity index (χ0n) is 8.51. The Morgan fingerprint density at radius 2 is 2.43 bits per heavy atom. The minimum Gasteiger partial charge on any atom is -0.493 e. The average molecular weight is 219 g/mol. The van der Waals surface area contributed by atoms with Crippen molar-refractivity contribution in [2.45, 2.75) is 32.8 Å². The largest absolute Gasteiger partial charge is 0.493 e. The molecule has 1 saturated heterocycles. The fourth-order valence-electron chi connectivity index (χ4n) is 1.35. The molecule has 4 heteroatoms. The van der Waals surface area contributed by atoms with Gasteiger partial charge in [0.05, 0.1) is 18.1 Å². The molecule has 1 atom stereocenters. The highest BCUT2D eigenvalue weighted by Gasteiger charge is 2.24. The molecule has 0 aromatic carbocycles. The maximum Gasteiger partial charge on any atom is 0.337 e. The van der Waals surface area contributed by atoms with Crippen molar-refractivity contribution in [2.75, 3.05) is 12.5 Å². The second kappa shape index (κ2) is 5.25. The van der Waals surface area contributed by atoms with Crippen LogP contribution in [-0.2, 0) is 14.3 Å². The summed E-state index contributed by atoms with van der Waals surface area (Å²) in [5, 5.41) is 0. The number of halogens is 1. The third kappa shape index (κ3) is 2.64. The monoisotopic (exact) mass is 218 g/mol. The second-order valence-electron chi connectivity index (χ2n) is 3.20. The number of carbonyl (C=O) groups is 1. The van der Waals surface area contributed by atoms with E-state index in [2.05, 4.69) is 0 Å². The van der Waals surface area contributed by atoms with E-state index in [1.54, 1.807) is 13.8 Å². The average Bonchev–Trinajstić information content (AvgIpc) is 2.65. The number of rotatable bonds is 3. The van der Waals surface area contributed by atoms with Crippen LogP contribution in [0.5, 0.6) is 0 Å². The Bertz CT molecular complexity index is 248. The second-order valence-corrected chi connectivity index (χ2v) is 3.51. The normalized spacial score (nSPS) is 24.4. The molecule has 0 amide bonds. The maximum atomic E-state index is 11.3. The van der Waals surface area contributed by atoms with Gasteiger partial charge in [0.1, 0.15) is 11.9 Å². The molecule has 1 aliphatic heterocycles. The lowest BCUT2D eigenvalue weighted by Gasteiger charge is -2.08. The van der Waals surface area contributed by atoms with Crippen molar-refractivity contribution >= 4 is 17.6 Å². The first-order chi connectivity index (χ1) is 6.69. The third-order valence-electron chi connectivity index (χ3n) is 2.17. The topological polar surface area (TPSA) is 35.5 Å². The SMILES string of the molecule is CCOC(=O)/C(C)=C1\CC[C@H](CCl)O1. The molecule has 0 bridgehead atoms. The van der Waals surface area contributed by atoms with E-state index < -0.39 is 0 Å². The first kappa shape index (κ1) is 11.4. The molecule has 0 radical (unpaired) electrons. The number of hydrogen-bond acceptors (Lipinski definition) is 3. The molecule has 0 aliphatic carbocycles. The summed E-state index contributed by atoms with van der Waals surface area (Å²) in [6.45, 7) is 3.90. The van der Waals surface area contributed by atoms with E-state index in [4.69, 9.17) is 21.1 Å².